The summed E-state index contributed by atoms with van der Waals surface area (Å²) in [6.45, 7) is 10.2. The first kappa shape index (κ1) is 17.7. The molecular formula is C20H28O3. The zero-order chi connectivity index (χ0) is 17.3. The topological polar surface area (TPSA) is 43.4 Å². The number of rotatable bonds is 4. The summed E-state index contributed by atoms with van der Waals surface area (Å²) in [5, 5.41) is 0. The third-order valence-corrected chi connectivity index (χ3v) is 4.60. The highest BCUT2D eigenvalue weighted by Crippen LogP contribution is 2.40. The van der Waals surface area contributed by atoms with Crippen LogP contribution in [0.2, 0.25) is 0 Å². The lowest BCUT2D eigenvalue weighted by molar-refractivity contribution is -0.162. The van der Waals surface area contributed by atoms with E-state index < -0.39 is 5.41 Å². The number of benzene rings is 1. The number of ketones is 1. The van der Waals surface area contributed by atoms with Crippen molar-refractivity contribution in [2.75, 3.05) is 0 Å². The fourth-order valence-corrected chi connectivity index (χ4v) is 3.20. The van der Waals surface area contributed by atoms with Gasteiger partial charge in [0, 0.05) is 6.42 Å². The van der Waals surface area contributed by atoms with Gasteiger partial charge in [-0.25, -0.2) is 0 Å². The Morgan fingerprint density at radius 1 is 1.22 bits per heavy atom. The number of hydrogen-bond donors (Lipinski definition) is 0. The number of carbonyl (C=O) groups excluding carboxylic acids is 2. The van der Waals surface area contributed by atoms with Crippen molar-refractivity contribution < 1.29 is 14.3 Å². The van der Waals surface area contributed by atoms with Gasteiger partial charge in [-0.15, -0.1) is 0 Å². The van der Waals surface area contributed by atoms with Crippen molar-refractivity contribution in [3.05, 3.63) is 35.4 Å². The molecule has 0 N–H and O–H groups in total. The molecule has 1 aliphatic carbocycles. The van der Waals surface area contributed by atoms with Crippen LogP contribution in [0.4, 0.5) is 0 Å². The normalized spacial score (nSPS) is 21.7. The van der Waals surface area contributed by atoms with Gasteiger partial charge in [0.05, 0.1) is 6.10 Å². The van der Waals surface area contributed by atoms with Gasteiger partial charge in [0.2, 0.25) is 0 Å². The molecular weight excluding hydrogens is 288 g/mol. The Balaban J connectivity index is 2.25. The summed E-state index contributed by atoms with van der Waals surface area (Å²) in [5.74, 6) is -0.321. The van der Waals surface area contributed by atoms with Crippen molar-refractivity contribution in [2.45, 2.75) is 71.8 Å². The number of hydrogen-bond acceptors (Lipinski definition) is 3. The molecule has 1 atom stereocenters. The van der Waals surface area contributed by atoms with E-state index in [2.05, 4.69) is 32.9 Å². The van der Waals surface area contributed by atoms with Gasteiger partial charge in [0.1, 0.15) is 5.41 Å². The lowest BCUT2D eigenvalue weighted by atomic mass is 9.78. The van der Waals surface area contributed by atoms with Gasteiger partial charge in [-0.1, -0.05) is 45.0 Å². The van der Waals surface area contributed by atoms with E-state index in [9.17, 15) is 9.59 Å². The molecule has 0 aromatic heterocycles. The average Bonchev–Trinajstić information content (AvgIpc) is 2.80. The highest BCUT2D eigenvalue weighted by Gasteiger charge is 2.50. The fourth-order valence-electron chi connectivity index (χ4n) is 3.20. The molecule has 0 aliphatic heterocycles. The minimum Gasteiger partial charge on any atom is -0.462 e. The standard InChI is InChI=1S/C20H28O3/c1-14(2)23-18(22)20(12-6-7-17(20)21)13-15-8-10-16(11-9-15)19(3,4)5/h8-11,14H,6-7,12-13H2,1-5H3. The van der Waals surface area contributed by atoms with Crippen LogP contribution >= 0.6 is 0 Å². The molecule has 3 heteroatoms. The van der Waals surface area contributed by atoms with Gasteiger partial charge in [-0.2, -0.15) is 0 Å². The highest BCUT2D eigenvalue weighted by atomic mass is 16.5. The predicted molar refractivity (Wildman–Crippen MR) is 91.4 cm³/mol. The second kappa shape index (κ2) is 6.46. The summed E-state index contributed by atoms with van der Waals surface area (Å²) in [6, 6.07) is 8.26. The monoisotopic (exact) mass is 316 g/mol. The van der Waals surface area contributed by atoms with Crippen LogP contribution in [-0.4, -0.2) is 17.9 Å². The van der Waals surface area contributed by atoms with Crippen LogP contribution in [-0.2, 0) is 26.2 Å². The van der Waals surface area contributed by atoms with Gasteiger partial charge in [0.15, 0.2) is 5.78 Å². The fraction of sp³-hybridized carbons (Fsp3) is 0.600. The zero-order valence-corrected chi connectivity index (χ0v) is 14.9. The number of Topliss-reactive ketones (excluding diaryl/α,β-unsaturated/α-hetero) is 1. The minimum absolute atomic E-state index is 0.0306. The van der Waals surface area contributed by atoms with E-state index in [0.717, 1.165) is 12.0 Å². The molecule has 1 aromatic carbocycles. The Morgan fingerprint density at radius 3 is 2.26 bits per heavy atom. The molecule has 23 heavy (non-hydrogen) atoms. The van der Waals surface area contributed by atoms with Crippen LogP contribution in [0.5, 0.6) is 0 Å². The molecule has 3 nitrogen and oxygen atoms in total. The van der Waals surface area contributed by atoms with Crippen molar-refractivity contribution in [1.82, 2.24) is 0 Å². The van der Waals surface area contributed by atoms with Gasteiger partial charge in [-0.3, -0.25) is 9.59 Å². The van der Waals surface area contributed by atoms with Gasteiger partial charge < -0.3 is 4.74 Å². The second-order valence-corrected chi connectivity index (χ2v) is 7.94. The quantitative estimate of drug-likeness (QED) is 0.617. The number of esters is 1. The summed E-state index contributed by atoms with van der Waals surface area (Å²) < 4.78 is 5.40. The third kappa shape index (κ3) is 3.82. The Morgan fingerprint density at radius 2 is 1.83 bits per heavy atom. The Hall–Kier alpha value is -1.64. The van der Waals surface area contributed by atoms with Crippen molar-refractivity contribution in [1.29, 1.82) is 0 Å². The van der Waals surface area contributed by atoms with Crippen molar-refractivity contribution in [2.24, 2.45) is 5.41 Å². The second-order valence-electron chi connectivity index (χ2n) is 7.94. The first-order valence-corrected chi connectivity index (χ1v) is 8.49. The minimum atomic E-state index is -0.979. The maximum atomic E-state index is 12.6. The average molecular weight is 316 g/mol. The first-order valence-electron chi connectivity index (χ1n) is 8.49. The summed E-state index contributed by atoms with van der Waals surface area (Å²) in [6.07, 6.45) is 2.09. The SMILES string of the molecule is CC(C)OC(=O)C1(Cc2ccc(C(C)(C)C)cc2)CCCC1=O. The smallest absolute Gasteiger partial charge is 0.320 e. The van der Waals surface area contributed by atoms with E-state index in [-0.39, 0.29) is 23.3 Å². The molecule has 0 spiro atoms. The van der Waals surface area contributed by atoms with E-state index in [0.29, 0.717) is 19.3 Å². The Bertz CT molecular complexity index is 578. The van der Waals surface area contributed by atoms with E-state index >= 15 is 0 Å². The molecule has 1 fully saturated rings. The highest BCUT2D eigenvalue weighted by molar-refractivity contribution is 6.05. The largest absolute Gasteiger partial charge is 0.462 e. The number of ether oxygens (including phenoxy) is 1. The van der Waals surface area contributed by atoms with E-state index in [1.807, 2.05) is 26.0 Å². The molecule has 0 saturated heterocycles. The lowest BCUT2D eigenvalue weighted by Crippen LogP contribution is -2.40. The maximum Gasteiger partial charge on any atom is 0.320 e. The van der Waals surface area contributed by atoms with E-state index in [1.165, 1.54) is 5.56 Å². The van der Waals surface area contributed by atoms with Crippen LogP contribution in [0.1, 0.15) is 65.0 Å². The van der Waals surface area contributed by atoms with Crippen LogP contribution in [0.15, 0.2) is 24.3 Å². The van der Waals surface area contributed by atoms with Crippen LogP contribution in [0.3, 0.4) is 0 Å². The summed E-state index contributed by atoms with van der Waals surface area (Å²) in [4.78, 5) is 25.0. The van der Waals surface area contributed by atoms with Crippen LogP contribution in [0, 0.1) is 5.41 Å². The molecule has 1 aromatic rings. The predicted octanol–water partition coefficient (Wildman–Crippen LogP) is 4.22. The maximum absolute atomic E-state index is 12.6. The van der Waals surface area contributed by atoms with Crippen molar-refractivity contribution in [3.8, 4) is 0 Å². The summed E-state index contributed by atoms with van der Waals surface area (Å²) >= 11 is 0. The molecule has 0 radical (unpaired) electrons. The molecule has 0 heterocycles. The summed E-state index contributed by atoms with van der Waals surface area (Å²) in [5.41, 5.74) is 1.38. The van der Waals surface area contributed by atoms with Crippen molar-refractivity contribution >= 4 is 11.8 Å². The van der Waals surface area contributed by atoms with Crippen LogP contribution in [0.25, 0.3) is 0 Å². The molecule has 1 unspecified atom stereocenters. The van der Waals surface area contributed by atoms with Gasteiger partial charge in [-0.05, 0) is 49.7 Å². The van der Waals surface area contributed by atoms with E-state index in [1.54, 1.807) is 0 Å². The Labute approximate surface area is 139 Å². The van der Waals surface area contributed by atoms with Gasteiger partial charge in [0.25, 0.3) is 0 Å². The summed E-state index contributed by atoms with van der Waals surface area (Å²) in [7, 11) is 0. The molecule has 2 rings (SSSR count). The van der Waals surface area contributed by atoms with Crippen LogP contribution < -0.4 is 0 Å². The first-order chi connectivity index (χ1) is 10.6. The molecule has 0 bridgehead atoms. The van der Waals surface area contributed by atoms with Crippen molar-refractivity contribution in [3.63, 3.8) is 0 Å². The molecule has 0 amide bonds. The van der Waals surface area contributed by atoms with E-state index in [4.69, 9.17) is 4.74 Å². The number of carbonyl (C=O) groups is 2. The third-order valence-electron chi connectivity index (χ3n) is 4.60. The zero-order valence-electron chi connectivity index (χ0n) is 14.9. The molecule has 1 saturated carbocycles. The Kier molecular flexibility index (Phi) is 4.98. The molecule has 126 valence electrons. The lowest BCUT2D eigenvalue weighted by Gasteiger charge is -2.27. The molecule has 1 aliphatic rings. The van der Waals surface area contributed by atoms with Gasteiger partial charge >= 0.3 is 5.97 Å².